The van der Waals surface area contributed by atoms with Gasteiger partial charge in [-0.2, -0.15) is 0 Å². The molecule has 0 atom stereocenters. The molecular formula is C24H28N6O3S. The Morgan fingerprint density at radius 1 is 1.18 bits per heavy atom. The summed E-state index contributed by atoms with van der Waals surface area (Å²) in [5.41, 5.74) is 3.85. The molecular weight excluding hydrogens is 452 g/mol. The van der Waals surface area contributed by atoms with Gasteiger partial charge in [0, 0.05) is 49.5 Å². The van der Waals surface area contributed by atoms with Crippen molar-refractivity contribution in [3.8, 4) is 11.3 Å². The summed E-state index contributed by atoms with van der Waals surface area (Å²) >= 11 is 1.30. The van der Waals surface area contributed by atoms with E-state index in [1.807, 2.05) is 55.1 Å². The normalized spacial score (nSPS) is 13.6. The van der Waals surface area contributed by atoms with Crippen LogP contribution in [0.3, 0.4) is 0 Å². The molecule has 0 fully saturated rings. The molecule has 0 unspecified atom stereocenters. The molecule has 3 aromatic rings. The van der Waals surface area contributed by atoms with Gasteiger partial charge in [-0.3, -0.25) is 14.5 Å². The molecule has 0 saturated carbocycles. The van der Waals surface area contributed by atoms with Crippen LogP contribution in [-0.2, 0) is 16.9 Å². The molecule has 0 aliphatic carbocycles. The number of amides is 4. The zero-order chi connectivity index (χ0) is 24.6. The first kappa shape index (κ1) is 23.5. The predicted molar refractivity (Wildman–Crippen MR) is 133 cm³/mol. The third-order valence-corrected chi connectivity index (χ3v) is 6.41. The van der Waals surface area contributed by atoms with Gasteiger partial charge in [-0.05, 0) is 38.5 Å². The highest BCUT2D eigenvalue weighted by Crippen LogP contribution is 2.33. The van der Waals surface area contributed by atoms with Crippen LogP contribution in [0.25, 0.3) is 11.3 Å². The lowest BCUT2D eigenvalue weighted by Crippen LogP contribution is -2.42. The molecule has 4 rings (SSSR count). The molecule has 9 nitrogen and oxygen atoms in total. The van der Waals surface area contributed by atoms with E-state index in [9.17, 15) is 14.4 Å². The van der Waals surface area contributed by atoms with Gasteiger partial charge in [0.15, 0.2) is 5.13 Å². The van der Waals surface area contributed by atoms with Crippen LogP contribution < -0.4 is 15.5 Å². The summed E-state index contributed by atoms with van der Waals surface area (Å²) < 4.78 is 1.95. The lowest BCUT2D eigenvalue weighted by atomic mass is 10.0. The van der Waals surface area contributed by atoms with E-state index in [-0.39, 0.29) is 29.9 Å². The maximum Gasteiger partial charge on any atom is 0.324 e. The second kappa shape index (κ2) is 8.94. The van der Waals surface area contributed by atoms with E-state index in [1.54, 1.807) is 36.2 Å². The number of fused-ring (bicyclic) bond motifs is 1. The number of hydrogen-bond acceptors (Lipinski definition) is 5. The molecule has 3 heterocycles. The Hall–Kier alpha value is -3.66. The molecule has 1 aliphatic heterocycles. The van der Waals surface area contributed by atoms with E-state index < -0.39 is 0 Å². The standard InChI is InChI=1S/C24H28N6O3S/c1-24(2,3)30-9-8-17(13-30)21(32)25-11-20(31)27-22-26-18(14-34-22)15-6-7-16-12-28(4)23(33)29(5)19(16)10-15/h6-10,13-14H,11-12H2,1-5H3,(H,25,32)(H,26,27,31). The summed E-state index contributed by atoms with van der Waals surface area (Å²) in [6.07, 6.45) is 3.61. The maximum atomic E-state index is 12.4. The summed E-state index contributed by atoms with van der Waals surface area (Å²) in [7, 11) is 3.52. The van der Waals surface area contributed by atoms with Crippen LogP contribution in [0, 0.1) is 0 Å². The number of nitrogens with zero attached hydrogens (tertiary/aromatic N) is 4. The van der Waals surface area contributed by atoms with Crippen LogP contribution in [-0.4, -0.2) is 52.9 Å². The minimum absolute atomic E-state index is 0.0621. The Kier molecular flexibility index (Phi) is 6.18. The molecule has 0 radical (unpaired) electrons. The van der Waals surface area contributed by atoms with Crippen molar-refractivity contribution in [1.82, 2.24) is 19.8 Å². The fourth-order valence-corrected chi connectivity index (χ4v) is 4.43. The molecule has 2 N–H and O–H groups in total. The number of benzene rings is 1. The lowest BCUT2D eigenvalue weighted by Gasteiger charge is -2.32. The van der Waals surface area contributed by atoms with E-state index in [2.05, 4.69) is 15.6 Å². The summed E-state index contributed by atoms with van der Waals surface area (Å²) in [4.78, 5) is 44.8. The Morgan fingerprint density at radius 3 is 2.65 bits per heavy atom. The van der Waals surface area contributed by atoms with Gasteiger partial charge in [0.1, 0.15) is 0 Å². The number of anilines is 2. The van der Waals surface area contributed by atoms with Crippen molar-refractivity contribution in [2.24, 2.45) is 0 Å². The summed E-state index contributed by atoms with van der Waals surface area (Å²) in [6.45, 7) is 6.54. The Morgan fingerprint density at radius 2 is 1.94 bits per heavy atom. The number of thiazole rings is 1. The van der Waals surface area contributed by atoms with Gasteiger partial charge in [0.2, 0.25) is 5.91 Å². The third-order valence-electron chi connectivity index (χ3n) is 5.65. The second-order valence-electron chi connectivity index (χ2n) is 9.29. The average molecular weight is 481 g/mol. The highest BCUT2D eigenvalue weighted by atomic mass is 32.1. The van der Waals surface area contributed by atoms with Crippen LogP contribution >= 0.6 is 11.3 Å². The third kappa shape index (κ3) is 4.81. The van der Waals surface area contributed by atoms with Gasteiger partial charge >= 0.3 is 6.03 Å². The minimum Gasteiger partial charge on any atom is -0.348 e. The monoisotopic (exact) mass is 480 g/mol. The van der Waals surface area contributed by atoms with Gasteiger partial charge in [-0.1, -0.05) is 12.1 Å². The fourth-order valence-electron chi connectivity index (χ4n) is 3.69. The molecule has 0 spiro atoms. The van der Waals surface area contributed by atoms with Crippen molar-refractivity contribution in [3.63, 3.8) is 0 Å². The SMILES string of the molecule is CN1Cc2ccc(-c3csc(NC(=O)CNC(=O)c4ccn(C(C)(C)C)c4)n3)cc2N(C)C1=O. The van der Waals surface area contributed by atoms with Crippen LogP contribution in [0.2, 0.25) is 0 Å². The lowest BCUT2D eigenvalue weighted by molar-refractivity contribution is -0.115. The molecule has 2 aromatic heterocycles. The number of rotatable bonds is 5. The number of aromatic nitrogens is 2. The molecule has 4 amide bonds. The van der Waals surface area contributed by atoms with E-state index in [1.165, 1.54) is 11.3 Å². The zero-order valence-corrected chi connectivity index (χ0v) is 20.7. The van der Waals surface area contributed by atoms with E-state index in [0.29, 0.717) is 22.9 Å². The molecule has 0 saturated heterocycles. The minimum atomic E-state index is -0.358. The number of nitrogens with one attached hydrogen (secondary N) is 2. The quantitative estimate of drug-likeness (QED) is 0.581. The predicted octanol–water partition coefficient (Wildman–Crippen LogP) is 3.74. The Bertz CT molecular complexity index is 1260. The molecule has 1 aliphatic rings. The molecule has 34 heavy (non-hydrogen) atoms. The van der Waals surface area contributed by atoms with Crippen molar-refractivity contribution in [2.75, 3.05) is 30.9 Å². The summed E-state index contributed by atoms with van der Waals surface area (Å²) in [6, 6.07) is 7.55. The maximum absolute atomic E-state index is 12.4. The van der Waals surface area contributed by atoms with E-state index in [4.69, 9.17) is 0 Å². The van der Waals surface area contributed by atoms with Crippen LogP contribution in [0.15, 0.2) is 42.0 Å². The first-order valence-electron chi connectivity index (χ1n) is 10.9. The van der Waals surface area contributed by atoms with Gasteiger partial charge in [0.25, 0.3) is 5.91 Å². The van der Waals surface area contributed by atoms with E-state index in [0.717, 1.165) is 16.8 Å². The second-order valence-corrected chi connectivity index (χ2v) is 10.1. The first-order chi connectivity index (χ1) is 16.0. The van der Waals surface area contributed by atoms with Crippen molar-refractivity contribution in [2.45, 2.75) is 32.9 Å². The topological polar surface area (TPSA) is 99.6 Å². The molecule has 1 aromatic carbocycles. The summed E-state index contributed by atoms with van der Waals surface area (Å²) in [5.74, 6) is -0.667. The van der Waals surface area contributed by atoms with Crippen LogP contribution in [0.1, 0.15) is 36.7 Å². The van der Waals surface area contributed by atoms with Crippen molar-refractivity contribution >= 4 is 40.0 Å². The average Bonchev–Trinajstić information content (AvgIpc) is 3.46. The molecule has 178 valence electrons. The van der Waals surface area contributed by atoms with Crippen molar-refractivity contribution in [1.29, 1.82) is 0 Å². The van der Waals surface area contributed by atoms with Crippen molar-refractivity contribution < 1.29 is 14.4 Å². The van der Waals surface area contributed by atoms with Crippen LogP contribution in [0.5, 0.6) is 0 Å². The number of urea groups is 1. The van der Waals surface area contributed by atoms with Gasteiger partial charge in [-0.25, -0.2) is 9.78 Å². The molecule has 10 heteroatoms. The van der Waals surface area contributed by atoms with Gasteiger partial charge < -0.3 is 20.1 Å². The van der Waals surface area contributed by atoms with E-state index >= 15 is 0 Å². The Labute approximate surface area is 202 Å². The molecule has 0 bridgehead atoms. The highest BCUT2D eigenvalue weighted by molar-refractivity contribution is 7.14. The van der Waals surface area contributed by atoms with Crippen LogP contribution in [0.4, 0.5) is 15.6 Å². The van der Waals surface area contributed by atoms with Gasteiger partial charge in [-0.15, -0.1) is 11.3 Å². The van der Waals surface area contributed by atoms with Crippen molar-refractivity contribution in [3.05, 3.63) is 53.2 Å². The smallest absolute Gasteiger partial charge is 0.324 e. The first-order valence-corrected chi connectivity index (χ1v) is 11.7. The number of hydrogen-bond donors (Lipinski definition) is 2. The van der Waals surface area contributed by atoms with Gasteiger partial charge in [0.05, 0.1) is 23.5 Å². The highest BCUT2D eigenvalue weighted by Gasteiger charge is 2.25. The Balaban J connectivity index is 1.37. The number of carbonyl (C=O) groups excluding carboxylic acids is 3. The zero-order valence-electron chi connectivity index (χ0n) is 19.9. The number of carbonyl (C=O) groups is 3. The summed E-state index contributed by atoms with van der Waals surface area (Å²) in [5, 5.41) is 7.66. The largest absolute Gasteiger partial charge is 0.348 e. The fraction of sp³-hybridized carbons (Fsp3) is 0.333.